The molecular formula is C20H20N4OS. The Morgan fingerprint density at radius 3 is 2.62 bits per heavy atom. The molecule has 2 atom stereocenters. The third-order valence-corrected chi connectivity index (χ3v) is 4.78. The number of nitrogens with zero attached hydrogens (tertiary/aromatic N) is 2. The van der Waals surface area contributed by atoms with E-state index in [9.17, 15) is 0 Å². The van der Waals surface area contributed by atoms with Crippen LogP contribution in [0.25, 0.3) is 0 Å². The summed E-state index contributed by atoms with van der Waals surface area (Å²) in [5.41, 5.74) is 3.06. The highest BCUT2D eigenvalue weighted by Gasteiger charge is 2.41. The number of rotatable bonds is 5. The van der Waals surface area contributed by atoms with Gasteiger partial charge in [-0.1, -0.05) is 6.07 Å². The normalized spacial score (nSPS) is 19.4. The fourth-order valence-corrected chi connectivity index (χ4v) is 3.69. The largest absolute Gasteiger partial charge is 0.494 e. The zero-order valence-corrected chi connectivity index (χ0v) is 15.2. The fourth-order valence-electron chi connectivity index (χ4n) is 3.35. The van der Waals surface area contributed by atoms with E-state index in [0.717, 1.165) is 22.8 Å². The van der Waals surface area contributed by atoms with Crippen molar-refractivity contribution in [1.29, 1.82) is 0 Å². The van der Waals surface area contributed by atoms with E-state index in [1.54, 1.807) is 0 Å². The van der Waals surface area contributed by atoms with Crippen molar-refractivity contribution in [3.8, 4) is 5.75 Å². The molecule has 1 aromatic carbocycles. The van der Waals surface area contributed by atoms with E-state index in [4.69, 9.17) is 17.0 Å². The Morgan fingerprint density at radius 2 is 1.96 bits per heavy atom. The van der Waals surface area contributed by atoms with Gasteiger partial charge in [-0.15, -0.1) is 0 Å². The monoisotopic (exact) mass is 364 g/mol. The highest BCUT2D eigenvalue weighted by Crippen LogP contribution is 2.41. The number of hydrogen-bond donors (Lipinski definition) is 2. The summed E-state index contributed by atoms with van der Waals surface area (Å²) >= 11 is 5.68. The number of hydrogen-bond acceptors (Lipinski definition) is 3. The van der Waals surface area contributed by atoms with Crippen molar-refractivity contribution in [2.45, 2.75) is 19.0 Å². The summed E-state index contributed by atoms with van der Waals surface area (Å²) in [4.78, 5) is 10.0. The lowest BCUT2D eigenvalue weighted by atomic mass is 10.0. The summed E-state index contributed by atoms with van der Waals surface area (Å²) in [5, 5.41) is 4.13. The first-order valence-corrected chi connectivity index (χ1v) is 9.05. The van der Waals surface area contributed by atoms with Crippen molar-refractivity contribution in [3.05, 3.63) is 78.4 Å². The number of pyridine rings is 1. The molecule has 4 rings (SSSR count). The minimum Gasteiger partial charge on any atom is -0.494 e. The van der Waals surface area contributed by atoms with Crippen LogP contribution in [0.1, 0.15) is 30.4 Å². The molecule has 0 saturated carbocycles. The van der Waals surface area contributed by atoms with E-state index in [2.05, 4.69) is 26.3 Å². The zero-order chi connectivity index (χ0) is 17.9. The van der Waals surface area contributed by atoms with Crippen LogP contribution in [-0.4, -0.2) is 21.7 Å². The van der Waals surface area contributed by atoms with Gasteiger partial charge >= 0.3 is 0 Å². The number of benzene rings is 1. The average molecular weight is 364 g/mol. The number of anilines is 1. The molecule has 2 aromatic heterocycles. The van der Waals surface area contributed by atoms with Crippen molar-refractivity contribution in [2.24, 2.45) is 0 Å². The molecule has 0 bridgehead atoms. The summed E-state index contributed by atoms with van der Waals surface area (Å²) in [5.74, 6) is 0.854. The van der Waals surface area contributed by atoms with Gasteiger partial charge in [-0.05, 0) is 67.7 Å². The first-order valence-electron chi connectivity index (χ1n) is 8.64. The molecule has 26 heavy (non-hydrogen) atoms. The molecule has 1 fully saturated rings. The smallest absolute Gasteiger partial charge is 0.174 e. The molecule has 6 heteroatoms. The zero-order valence-electron chi connectivity index (χ0n) is 14.4. The molecule has 0 unspecified atom stereocenters. The summed E-state index contributed by atoms with van der Waals surface area (Å²) < 4.78 is 5.56. The number of aromatic amines is 1. The highest BCUT2D eigenvalue weighted by atomic mass is 32.1. The van der Waals surface area contributed by atoms with Gasteiger partial charge in [0.2, 0.25) is 0 Å². The Bertz CT molecular complexity index is 865. The van der Waals surface area contributed by atoms with Crippen molar-refractivity contribution in [3.63, 3.8) is 0 Å². The lowest BCUT2D eigenvalue weighted by Gasteiger charge is -2.27. The van der Waals surface area contributed by atoms with Crippen molar-refractivity contribution in [1.82, 2.24) is 15.3 Å². The van der Waals surface area contributed by atoms with Gasteiger partial charge in [-0.2, -0.15) is 0 Å². The summed E-state index contributed by atoms with van der Waals surface area (Å²) in [6.45, 7) is 2.63. The quantitative estimate of drug-likeness (QED) is 0.671. The molecular weight excluding hydrogens is 344 g/mol. The van der Waals surface area contributed by atoms with Crippen LogP contribution in [0.4, 0.5) is 5.69 Å². The fraction of sp³-hybridized carbons (Fsp3) is 0.200. The molecule has 0 spiro atoms. The van der Waals surface area contributed by atoms with E-state index in [-0.39, 0.29) is 12.1 Å². The maximum atomic E-state index is 5.68. The van der Waals surface area contributed by atoms with Gasteiger partial charge in [0, 0.05) is 23.8 Å². The lowest BCUT2D eigenvalue weighted by molar-refractivity contribution is 0.340. The molecule has 3 heterocycles. The number of ether oxygens (including phenoxy) is 1. The molecule has 0 aliphatic carbocycles. The van der Waals surface area contributed by atoms with Gasteiger partial charge in [0.25, 0.3) is 0 Å². The van der Waals surface area contributed by atoms with Gasteiger partial charge in [0.05, 0.1) is 18.3 Å². The number of nitrogens with one attached hydrogen (secondary N) is 2. The van der Waals surface area contributed by atoms with E-state index in [1.165, 1.54) is 0 Å². The first-order chi connectivity index (χ1) is 12.8. The van der Waals surface area contributed by atoms with Gasteiger partial charge in [0.15, 0.2) is 5.11 Å². The minimum absolute atomic E-state index is 0.00894. The predicted molar refractivity (Wildman–Crippen MR) is 106 cm³/mol. The van der Waals surface area contributed by atoms with Crippen LogP contribution >= 0.6 is 12.2 Å². The van der Waals surface area contributed by atoms with Crippen LogP contribution in [0.2, 0.25) is 0 Å². The van der Waals surface area contributed by atoms with E-state index in [1.807, 2.05) is 67.8 Å². The summed E-state index contributed by atoms with van der Waals surface area (Å²) in [6.07, 6.45) is 3.74. The molecule has 2 N–H and O–H groups in total. The SMILES string of the molecule is CCOc1ccc(N2C(=S)N[C@@H](c3ccccn3)[C@H]2c2ccc[nH]2)cc1. The first kappa shape index (κ1) is 16.6. The molecule has 0 radical (unpaired) electrons. The van der Waals surface area contributed by atoms with Crippen LogP contribution in [0.3, 0.4) is 0 Å². The Kier molecular flexibility index (Phi) is 4.58. The molecule has 1 aliphatic rings. The summed E-state index contributed by atoms with van der Waals surface area (Å²) in [7, 11) is 0. The second kappa shape index (κ2) is 7.17. The molecule has 5 nitrogen and oxygen atoms in total. The summed E-state index contributed by atoms with van der Waals surface area (Å²) in [6, 6.07) is 18.0. The van der Waals surface area contributed by atoms with E-state index in [0.29, 0.717) is 11.7 Å². The van der Waals surface area contributed by atoms with Gasteiger partial charge in [0.1, 0.15) is 11.8 Å². The molecule has 132 valence electrons. The van der Waals surface area contributed by atoms with Gasteiger partial charge in [-0.3, -0.25) is 4.98 Å². The number of H-pyrrole nitrogens is 1. The van der Waals surface area contributed by atoms with Crippen molar-refractivity contribution in [2.75, 3.05) is 11.5 Å². The van der Waals surface area contributed by atoms with Crippen LogP contribution in [0.5, 0.6) is 5.75 Å². The van der Waals surface area contributed by atoms with Crippen LogP contribution in [-0.2, 0) is 0 Å². The molecule has 3 aromatic rings. The standard InChI is InChI=1S/C20H20N4OS/c1-2-25-15-10-8-14(9-11-15)24-19(17-7-5-13-22-17)18(23-20(24)26)16-6-3-4-12-21-16/h3-13,18-19,22H,2H2,1H3,(H,23,26)/t18-,19+/m0/s1. The molecule has 1 aliphatic heterocycles. The topological polar surface area (TPSA) is 53.2 Å². The maximum absolute atomic E-state index is 5.68. The Morgan fingerprint density at radius 1 is 1.12 bits per heavy atom. The third-order valence-electron chi connectivity index (χ3n) is 4.46. The third kappa shape index (κ3) is 3.04. The number of thiocarbonyl (C=S) groups is 1. The Labute approximate surface area is 158 Å². The second-order valence-electron chi connectivity index (χ2n) is 6.05. The maximum Gasteiger partial charge on any atom is 0.174 e. The van der Waals surface area contributed by atoms with Crippen LogP contribution in [0, 0.1) is 0 Å². The minimum atomic E-state index is -0.0334. The van der Waals surface area contributed by atoms with Crippen molar-refractivity contribution < 1.29 is 4.74 Å². The molecule has 0 amide bonds. The predicted octanol–water partition coefficient (Wildman–Crippen LogP) is 3.99. The van der Waals surface area contributed by atoms with Gasteiger partial charge < -0.3 is 19.9 Å². The molecule has 1 saturated heterocycles. The second-order valence-corrected chi connectivity index (χ2v) is 6.44. The van der Waals surface area contributed by atoms with Crippen LogP contribution in [0.15, 0.2) is 67.0 Å². The lowest BCUT2D eigenvalue weighted by Crippen LogP contribution is -2.29. The Hall–Kier alpha value is -2.86. The highest BCUT2D eigenvalue weighted by molar-refractivity contribution is 7.80. The van der Waals surface area contributed by atoms with E-state index < -0.39 is 0 Å². The van der Waals surface area contributed by atoms with Crippen LogP contribution < -0.4 is 15.0 Å². The van der Waals surface area contributed by atoms with E-state index >= 15 is 0 Å². The van der Waals surface area contributed by atoms with Gasteiger partial charge in [-0.25, -0.2) is 0 Å². The average Bonchev–Trinajstić information content (AvgIpc) is 3.31. The Balaban J connectivity index is 1.73. The van der Waals surface area contributed by atoms with Crippen molar-refractivity contribution >= 4 is 23.0 Å². The number of aromatic nitrogens is 2.